The maximum Gasteiger partial charge on any atom is 0.412 e. The molecule has 196 valence electrons. The maximum atomic E-state index is 13.4. The van der Waals surface area contributed by atoms with Crippen LogP contribution in [0.4, 0.5) is 10.5 Å². The lowest BCUT2D eigenvalue weighted by molar-refractivity contribution is -0.152. The molecule has 2 aromatic carbocycles. The third-order valence-corrected chi connectivity index (χ3v) is 8.91. The van der Waals surface area contributed by atoms with E-state index in [0.29, 0.717) is 35.9 Å². The van der Waals surface area contributed by atoms with Crippen molar-refractivity contribution in [1.29, 1.82) is 0 Å². The van der Waals surface area contributed by atoms with Gasteiger partial charge in [0.2, 0.25) is 0 Å². The molecule has 1 saturated carbocycles. The Kier molecular flexibility index (Phi) is 7.46. The Bertz CT molecular complexity index is 1380. The molecule has 2 atom stereocenters. The number of esters is 1. The van der Waals surface area contributed by atoms with Crippen molar-refractivity contribution < 1.29 is 19.1 Å². The summed E-state index contributed by atoms with van der Waals surface area (Å²) in [5, 5.41) is 2.93. The molecule has 1 fully saturated rings. The third kappa shape index (κ3) is 4.91. The molecule has 0 radical (unpaired) electrons. The van der Waals surface area contributed by atoms with Crippen LogP contribution in [0.25, 0.3) is 5.57 Å². The van der Waals surface area contributed by atoms with Gasteiger partial charge in [0.1, 0.15) is 6.10 Å². The Morgan fingerprint density at radius 1 is 1.08 bits per heavy atom. The lowest BCUT2D eigenvalue weighted by Crippen LogP contribution is -2.42. The van der Waals surface area contributed by atoms with Gasteiger partial charge in [0.25, 0.3) is 0 Å². The summed E-state index contributed by atoms with van der Waals surface area (Å²) in [6.07, 6.45) is 7.34. The van der Waals surface area contributed by atoms with E-state index in [0.717, 1.165) is 21.6 Å². The van der Waals surface area contributed by atoms with Crippen molar-refractivity contribution in [3.63, 3.8) is 0 Å². The molecular weight excluding hydrogens is 518 g/mol. The minimum absolute atomic E-state index is 0.211. The first-order valence-corrected chi connectivity index (χ1v) is 14.0. The van der Waals surface area contributed by atoms with Crippen LogP contribution in [0, 0.1) is 5.41 Å². The number of halogens is 1. The van der Waals surface area contributed by atoms with Gasteiger partial charge in [-0.2, -0.15) is 0 Å². The molecule has 0 spiro atoms. The molecule has 0 saturated heterocycles. The van der Waals surface area contributed by atoms with Crippen molar-refractivity contribution in [3.05, 3.63) is 105 Å². The number of hydrogen-bond donors (Lipinski definition) is 1. The molecule has 1 N–H and O–H groups in total. The largest absolute Gasteiger partial charge is 0.466 e. The Morgan fingerprint density at radius 2 is 1.76 bits per heavy atom. The van der Waals surface area contributed by atoms with Gasteiger partial charge in [-0.25, -0.2) is 4.79 Å². The Morgan fingerprint density at radius 3 is 2.37 bits per heavy atom. The van der Waals surface area contributed by atoms with Gasteiger partial charge in [-0.05, 0) is 55.9 Å². The zero-order valence-corrected chi connectivity index (χ0v) is 23.0. The van der Waals surface area contributed by atoms with Crippen LogP contribution in [0.15, 0.2) is 85.0 Å². The Labute approximate surface area is 232 Å². The first-order valence-electron chi connectivity index (χ1n) is 12.8. The molecule has 0 aliphatic heterocycles. The van der Waals surface area contributed by atoms with Gasteiger partial charge >= 0.3 is 12.1 Å². The molecular formula is C31H30ClNO4S. The second kappa shape index (κ2) is 10.8. The molecule has 7 heteroatoms. The van der Waals surface area contributed by atoms with Crippen LogP contribution >= 0.6 is 22.9 Å². The molecule has 1 unspecified atom stereocenters. The van der Waals surface area contributed by atoms with Crippen molar-refractivity contribution in [1.82, 2.24) is 0 Å². The van der Waals surface area contributed by atoms with Crippen LogP contribution in [0.3, 0.4) is 0 Å². The van der Waals surface area contributed by atoms with E-state index >= 15 is 0 Å². The van der Waals surface area contributed by atoms with Gasteiger partial charge in [0.15, 0.2) is 0 Å². The van der Waals surface area contributed by atoms with Crippen LogP contribution in [-0.2, 0) is 19.7 Å². The number of carbonyl (C=O) groups excluding carboxylic acids is 2. The number of rotatable bonds is 8. The van der Waals surface area contributed by atoms with Gasteiger partial charge < -0.3 is 9.47 Å². The number of amides is 1. The van der Waals surface area contributed by atoms with Crippen molar-refractivity contribution in [2.75, 3.05) is 11.9 Å². The summed E-state index contributed by atoms with van der Waals surface area (Å²) < 4.78 is 11.8. The van der Waals surface area contributed by atoms with Crippen LogP contribution in [0.2, 0.25) is 4.34 Å². The normalized spacial score (nSPS) is 20.2. The third-order valence-electron chi connectivity index (χ3n) is 7.47. The van der Waals surface area contributed by atoms with Gasteiger partial charge in [-0.1, -0.05) is 90.5 Å². The molecule has 1 amide bonds. The first kappa shape index (κ1) is 26.3. The standard InChI is InChI=1S/C31H30ClNO4S/c1-3-36-28(34)31(18-19-31)30(16-14-24(15-17-30)23-12-8-5-9-13-23)27-25(20-26(32)38-27)33-29(35)37-21(2)22-10-6-4-7-11-22/h4-16,20-21H,3,17-19H2,1-2H3,(H,33,35)/t21?,30-/m1/s1. The minimum Gasteiger partial charge on any atom is -0.466 e. The molecule has 2 aliphatic carbocycles. The summed E-state index contributed by atoms with van der Waals surface area (Å²) in [6, 6.07) is 21.5. The molecule has 1 aromatic heterocycles. The molecule has 1 heterocycles. The first-order chi connectivity index (χ1) is 18.4. The van der Waals surface area contributed by atoms with Crippen molar-refractivity contribution in [2.24, 2.45) is 5.41 Å². The lowest BCUT2D eigenvalue weighted by Gasteiger charge is -2.39. The number of ether oxygens (including phenoxy) is 2. The van der Waals surface area contributed by atoms with Gasteiger partial charge in [0.05, 0.1) is 22.0 Å². The number of benzene rings is 2. The molecule has 2 aliphatic rings. The highest BCUT2D eigenvalue weighted by molar-refractivity contribution is 7.17. The summed E-state index contributed by atoms with van der Waals surface area (Å²) in [5.41, 5.74) is 2.24. The van der Waals surface area contributed by atoms with Gasteiger partial charge in [-0.15, -0.1) is 11.3 Å². The molecule has 0 bridgehead atoms. The Balaban J connectivity index is 1.48. The smallest absolute Gasteiger partial charge is 0.412 e. The number of allylic oxidation sites excluding steroid dienone is 4. The van der Waals surface area contributed by atoms with E-state index in [1.807, 2.05) is 62.4 Å². The average Bonchev–Trinajstić information content (AvgIpc) is 3.68. The number of hydrogen-bond acceptors (Lipinski definition) is 5. The summed E-state index contributed by atoms with van der Waals surface area (Å²) in [7, 11) is 0. The van der Waals surface area contributed by atoms with E-state index < -0.39 is 23.0 Å². The quantitative estimate of drug-likeness (QED) is 0.288. The van der Waals surface area contributed by atoms with Crippen LogP contribution in [0.1, 0.15) is 55.2 Å². The summed E-state index contributed by atoms with van der Waals surface area (Å²) in [5.74, 6) is -0.211. The van der Waals surface area contributed by atoms with Crippen molar-refractivity contribution in [2.45, 2.75) is 44.6 Å². The van der Waals surface area contributed by atoms with E-state index in [1.165, 1.54) is 11.3 Å². The second-order valence-corrected chi connectivity index (χ2v) is 11.4. The lowest BCUT2D eigenvalue weighted by atomic mass is 9.66. The van der Waals surface area contributed by atoms with E-state index in [1.54, 1.807) is 6.07 Å². The van der Waals surface area contributed by atoms with Gasteiger partial charge in [0, 0.05) is 10.3 Å². The highest BCUT2D eigenvalue weighted by Gasteiger charge is 2.66. The summed E-state index contributed by atoms with van der Waals surface area (Å²) in [6.45, 7) is 3.97. The fourth-order valence-electron chi connectivity index (χ4n) is 5.33. The number of carbonyl (C=O) groups is 2. The zero-order valence-electron chi connectivity index (χ0n) is 21.4. The molecule has 5 nitrogen and oxygen atoms in total. The number of nitrogens with one attached hydrogen (secondary N) is 1. The van der Waals surface area contributed by atoms with Gasteiger partial charge in [-0.3, -0.25) is 10.1 Å². The predicted octanol–water partition coefficient (Wildman–Crippen LogP) is 8.34. The van der Waals surface area contributed by atoms with Crippen LogP contribution in [-0.4, -0.2) is 18.7 Å². The van der Waals surface area contributed by atoms with Crippen molar-refractivity contribution >= 4 is 46.3 Å². The fourth-order valence-corrected chi connectivity index (χ4v) is 6.79. The topological polar surface area (TPSA) is 64.6 Å². The van der Waals surface area contributed by atoms with Crippen LogP contribution in [0.5, 0.6) is 0 Å². The fraction of sp³-hybridized carbons (Fsp3) is 0.290. The summed E-state index contributed by atoms with van der Waals surface area (Å²) in [4.78, 5) is 27.2. The minimum atomic E-state index is -0.718. The number of thiophene rings is 1. The zero-order chi connectivity index (χ0) is 26.8. The van der Waals surface area contributed by atoms with E-state index in [9.17, 15) is 9.59 Å². The predicted molar refractivity (Wildman–Crippen MR) is 152 cm³/mol. The summed E-state index contributed by atoms with van der Waals surface area (Å²) >= 11 is 7.92. The average molecular weight is 548 g/mol. The monoisotopic (exact) mass is 547 g/mol. The van der Waals surface area contributed by atoms with E-state index in [-0.39, 0.29) is 5.97 Å². The molecule has 5 rings (SSSR count). The molecule has 38 heavy (non-hydrogen) atoms. The highest BCUT2D eigenvalue weighted by Crippen LogP contribution is 2.66. The number of anilines is 1. The Hall–Kier alpha value is -3.35. The van der Waals surface area contributed by atoms with E-state index in [4.69, 9.17) is 21.1 Å². The SMILES string of the molecule is CCOC(=O)C1([C@]2(c3sc(Cl)cc3NC(=O)OC(C)c3ccccc3)C=CC(c3ccccc3)=CC2)CC1. The van der Waals surface area contributed by atoms with E-state index in [2.05, 4.69) is 35.7 Å². The second-order valence-electron chi connectivity index (χ2n) is 9.71. The van der Waals surface area contributed by atoms with Crippen molar-refractivity contribution in [3.8, 4) is 0 Å². The van der Waals surface area contributed by atoms with Crippen LogP contribution < -0.4 is 5.32 Å². The molecule has 3 aromatic rings. The maximum absolute atomic E-state index is 13.4. The highest BCUT2D eigenvalue weighted by atomic mass is 35.5.